The van der Waals surface area contributed by atoms with Crippen LogP contribution in [0.15, 0.2) is 0 Å². The van der Waals surface area contributed by atoms with E-state index in [-0.39, 0.29) is 12.4 Å². The zero-order valence-corrected chi connectivity index (χ0v) is 4.92. The highest BCUT2D eigenvalue weighted by Crippen LogP contribution is 1.84. The van der Waals surface area contributed by atoms with Crippen molar-refractivity contribution in [2.45, 2.75) is 19.4 Å². The van der Waals surface area contributed by atoms with Gasteiger partial charge in [-0.15, -0.1) is 0 Å². The maximum Gasteiger partial charge on any atom is 0.151 e. The lowest BCUT2D eigenvalue weighted by molar-refractivity contribution is -0.120. The van der Waals surface area contributed by atoms with Crippen LogP contribution in [0.4, 0.5) is 0 Å². The third-order valence-corrected chi connectivity index (χ3v) is 0.959. The van der Waals surface area contributed by atoms with Gasteiger partial charge in [0, 0.05) is 6.42 Å². The quantitative estimate of drug-likeness (QED) is 0.513. The molecule has 0 fully saturated rings. The van der Waals surface area contributed by atoms with E-state index in [2.05, 4.69) is 0 Å². The Labute approximate surface area is 48.5 Å². The number of hydrogen-bond donors (Lipinski definition) is 2. The second-order valence-electron chi connectivity index (χ2n) is 1.61. The lowest BCUT2D eigenvalue weighted by Crippen LogP contribution is -2.33. The van der Waals surface area contributed by atoms with Crippen LogP contribution in [0, 0.1) is 0 Å². The molecule has 3 N–H and O–H groups in total. The van der Waals surface area contributed by atoms with E-state index >= 15 is 0 Å². The molecule has 0 bridgehead atoms. The molecule has 0 aromatic rings. The summed E-state index contributed by atoms with van der Waals surface area (Å²) in [6, 6.07) is -0.667. The number of carbonyl (C=O) groups excluding carboxylic acids is 1. The minimum Gasteiger partial charge on any atom is -0.394 e. The zero-order chi connectivity index (χ0) is 6.57. The van der Waals surface area contributed by atoms with Gasteiger partial charge in [0.05, 0.1) is 12.6 Å². The average molecular weight is 117 g/mol. The molecule has 3 heteroatoms. The molecule has 48 valence electrons. The fourth-order valence-electron chi connectivity index (χ4n) is 0.364. The van der Waals surface area contributed by atoms with Crippen molar-refractivity contribution in [2.24, 2.45) is 5.73 Å². The lowest BCUT2D eigenvalue weighted by atomic mass is 10.2. The van der Waals surface area contributed by atoms with E-state index in [1.54, 1.807) is 6.92 Å². The topological polar surface area (TPSA) is 63.3 Å². The standard InChI is InChI=1S/C5H11NO2/c1-2-5(8)4(6)3-7/h4,7H,2-3,6H2,1H3/t4-/m0/s1. The summed E-state index contributed by atoms with van der Waals surface area (Å²) in [7, 11) is 0. The van der Waals surface area contributed by atoms with Gasteiger partial charge in [-0.1, -0.05) is 6.92 Å². The summed E-state index contributed by atoms with van der Waals surface area (Å²) in [6.45, 7) is 1.48. The van der Waals surface area contributed by atoms with Gasteiger partial charge in [0.25, 0.3) is 0 Å². The van der Waals surface area contributed by atoms with Crippen molar-refractivity contribution < 1.29 is 9.90 Å². The number of aliphatic hydroxyl groups is 1. The van der Waals surface area contributed by atoms with Gasteiger partial charge in [-0.3, -0.25) is 4.79 Å². The molecule has 0 unspecified atom stereocenters. The highest BCUT2D eigenvalue weighted by Gasteiger charge is 2.07. The largest absolute Gasteiger partial charge is 0.394 e. The lowest BCUT2D eigenvalue weighted by Gasteiger charge is -2.01. The van der Waals surface area contributed by atoms with Crippen molar-refractivity contribution >= 4 is 5.78 Å². The Morgan fingerprint density at radius 1 is 1.88 bits per heavy atom. The molecule has 0 amide bonds. The van der Waals surface area contributed by atoms with Crippen molar-refractivity contribution in [1.82, 2.24) is 0 Å². The Kier molecular flexibility index (Phi) is 3.39. The summed E-state index contributed by atoms with van der Waals surface area (Å²) in [5.41, 5.74) is 5.13. The van der Waals surface area contributed by atoms with E-state index in [0.717, 1.165) is 0 Å². The minimum absolute atomic E-state index is 0.0903. The number of Topliss-reactive ketones (excluding diaryl/α,β-unsaturated/α-hetero) is 1. The van der Waals surface area contributed by atoms with Crippen LogP contribution in [-0.4, -0.2) is 23.5 Å². The van der Waals surface area contributed by atoms with Gasteiger partial charge in [-0.2, -0.15) is 0 Å². The molecular weight excluding hydrogens is 106 g/mol. The van der Waals surface area contributed by atoms with E-state index in [1.165, 1.54) is 0 Å². The molecule has 0 radical (unpaired) electrons. The fraction of sp³-hybridized carbons (Fsp3) is 0.800. The van der Waals surface area contributed by atoms with E-state index in [1.807, 2.05) is 0 Å². The van der Waals surface area contributed by atoms with Gasteiger partial charge < -0.3 is 10.8 Å². The third kappa shape index (κ3) is 2.04. The van der Waals surface area contributed by atoms with Crippen LogP contribution >= 0.6 is 0 Å². The molecule has 3 nitrogen and oxygen atoms in total. The predicted octanol–water partition coefficient (Wildman–Crippen LogP) is -0.715. The van der Waals surface area contributed by atoms with Crippen molar-refractivity contribution in [1.29, 1.82) is 0 Å². The summed E-state index contributed by atoms with van der Waals surface area (Å²) in [4.78, 5) is 10.5. The third-order valence-electron chi connectivity index (χ3n) is 0.959. The van der Waals surface area contributed by atoms with Crippen molar-refractivity contribution in [3.05, 3.63) is 0 Å². The van der Waals surface area contributed by atoms with Crippen LogP contribution in [0.25, 0.3) is 0 Å². The van der Waals surface area contributed by atoms with Crippen LogP contribution in [0.3, 0.4) is 0 Å². The highest BCUT2D eigenvalue weighted by atomic mass is 16.3. The van der Waals surface area contributed by atoms with Crippen molar-refractivity contribution in [3.8, 4) is 0 Å². The molecule has 0 saturated heterocycles. The molecular formula is C5H11NO2. The highest BCUT2D eigenvalue weighted by molar-refractivity contribution is 5.83. The maximum atomic E-state index is 10.5. The number of nitrogens with two attached hydrogens (primary N) is 1. The number of rotatable bonds is 3. The summed E-state index contributed by atoms with van der Waals surface area (Å²) in [5.74, 6) is -0.0903. The summed E-state index contributed by atoms with van der Waals surface area (Å²) >= 11 is 0. The minimum atomic E-state index is -0.667. The fourth-order valence-corrected chi connectivity index (χ4v) is 0.364. The maximum absolute atomic E-state index is 10.5. The SMILES string of the molecule is CCC(=O)[C@@H](N)CO. The second kappa shape index (κ2) is 3.57. The second-order valence-corrected chi connectivity index (χ2v) is 1.61. The number of carbonyl (C=O) groups is 1. The molecule has 0 aromatic heterocycles. The summed E-state index contributed by atoms with van der Waals surface area (Å²) < 4.78 is 0. The first-order chi connectivity index (χ1) is 3.72. The van der Waals surface area contributed by atoms with E-state index in [9.17, 15) is 4.79 Å². The summed E-state index contributed by atoms with van der Waals surface area (Å²) in [5, 5.41) is 8.29. The molecule has 0 rings (SSSR count). The molecule has 0 saturated carbocycles. The molecule has 8 heavy (non-hydrogen) atoms. The van der Waals surface area contributed by atoms with Crippen LogP contribution in [0.5, 0.6) is 0 Å². The Hall–Kier alpha value is -0.410. The van der Waals surface area contributed by atoms with Crippen molar-refractivity contribution in [2.75, 3.05) is 6.61 Å². The van der Waals surface area contributed by atoms with Gasteiger partial charge in [0.1, 0.15) is 0 Å². The molecule has 0 aliphatic rings. The number of hydrogen-bond acceptors (Lipinski definition) is 3. The van der Waals surface area contributed by atoms with Gasteiger partial charge in [-0.05, 0) is 0 Å². The predicted molar refractivity (Wildman–Crippen MR) is 30.4 cm³/mol. The molecule has 1 atom stereocenters. The van der Waals surface area contributed by atoms with Gasteiger partial charge in [0.2, 0.25) is 0 Å². The Morgan fingerprint density at radius 2 is 2.38 bits per heavy atom. The first kappa shape index (κ1) is 7.59. The van der Waals surface area contributed by atoms with E-state index in [0.29, 0.717) is 6.42 Å². The monoisotopic (exact) mass is 117 g/mol. The molecule has 0 aliphatic heterocycles. The average Bonchev–Trinajstić information content (AvgIpc) is 1.84. The van der Waals surface area contributed by atoms with Crippen LogP contribution in [0.2, 0.25) is 0 Å². The van der Waals surface area contributed by atoms with Crippen LogP contribution in [-0.2, 0) is 4.79 Å². The smallest absolute Gasteiger partial charge is 0.151 e. The van der Waals surface area contributed by atoms with Gasteiger partial charge in [0.15, 0.2) is 5.78 Å². The zero-order valence-electron chi connectivity index (χ0n) is 4.92. The Balaban J connectivity index is 3.46. The molecule has 0 aromatic carbocycles. The summed E-state index contributed by atoms with van der Waals surface area (Å²) in [6.07, 6.45) is 0.404. The first-order valence-electron chi connectivity index (χ1n) is 2.61. The van der Waals surface area contributed by atoms with Crippen molar-refractivity contribution in [3.63, 3.8) is 0 Å². The molecule has 0 heterocycles. The first-order valence-corrected chi connectivity index (χ1v) is 2.61. The van der Waals surface area contributed by atoms with Gasteiger partial charge in [-0.25, -0.2) is 0 Å². The van der Waals surface area contributed by atoms with E-state index in [4.69, 9.17) is 10.8 Å². The number of ketones is 1. The normalized spacial score (nSPS) is 13.4. The van der Waals surface area contributed by atoms with Gasteiger partial charge >= 0.3 is 0 Å². The van der Waals surface area contributed by atoms with E-state index < -0.39 is 6.04 Å². The Morgan fingerprint density at radius 3 is 2.50 bits per heavy atom. The molecule has 0 aliphatic carbocycles. The van der Waals surface area contributed by atoms with Crippen LogP contribution < -0.4 is 5.73 Å². The van der Waals surface area contributed by atoms with Crippen LogP contribution in [0.1, 0.15) is 13.3 Å². The molecule has 0 spiro atoms. The Bertz CT molecular complexity index is 82.5. The number of aliphatic hydroxyl groups excluding tert-OH is 1.